The predicted octanol–water partition coefficient (Wildman–Crippen LogP) is 3.60. The van der Waals surface area contributed by atoms with Gasteiger partial charge in [-0.05, 0) is 42.3 Å². The molecule has 0 spiro atoms. The molecule has 2 amide bonds. The lowest BCUT2D eigenvalue weighted by atomic mass is 10.3. The Morgan fingerprint density at radius 2 is 2.03 bits per heavy atom. The van der Waals surface area contributed by atoms with Crippen molar-refractivity contribution in [2.24, 2.45) is 0 Å². The van der Waals surface area contributed by atoms with Gasteiger partial charge in [-0.3, -0.25) is 14.6 Å². The van der Waals surface area contributed by atoms with Gasteiger partial charge in [0.1, 0.15) is 5.76 Å². The third-order valence-electron chi connectivity index (χ3n) is 4.81. The average molecular weight is 409 g/mol. The molecule has 0 saturated heterocycles. The van der Waals surface area contributed by atoms with E-state index in [2.05, 4.69) is 17.2 Å². The van der Waals surface area contributed by atoms with Crippen molar-refractivity contribution >= 4 is 11.8 Å². The van der Waals surface area contributed by atoms with Crippen LogP contribution in [0.1, 0.15) is 54.3 Å². The van der Waals surface area contributed by atoms with Crippen molar-refractivity contribution in [1.82, 2.24) is 19.8 Å². The highest BCUT2D eigenvalue weighted by Gasteiger charge is 2.15. The number of pyridine rings is 1. The number of hydrogen-bond acceptors (Lipinski definition) is 4. The number of aromatic nitrogens is 2. The monoisotopic (exact) mass is 408 g/mol. The molecule has 0 bridgehead atoms. The normalized spacial score (nSPS) is 10.7. The largest absolute Gasteiger partial charge is 0.454 e. The summed E-state index contributed by atoms with van der Waals surface area (Å²) >= 11 is 0. The zero-order valence-corrected chi connectivity index (χ0v) is 17.5. The van der Waals surface area contributed by atoms with Gasteiger partial charge in [-0.1, -0.05) is 19.9 Å². The van der Waals surface area contributed by atoms with Crippen LogP contribution in [0.3, 0.4) is 0 Å². The fourth-order valence-corrected chi connectivity index (χ4v) is 3.25. The molecule has 1 N–H and O–H groups in total. The molecule has 3 aromatic heterocycles. The summed E-state index contributed by atoms with van der Waals surface area (Å²) in [6.45, 7) is 6.14. The standard InChI is InChI=1S/C23H28N4O3/c1-3-12-27(22(28)4-2)16-19-8-6-13-26(19)17-20-9-10-21(30-20)23(29)25-15-18-7-5-11-24-14-18/h5-11,13-14H,3-4,12,15-17H2,1-2H3,(H,25,29). The summed E-state index contributed by atoms with van der Waals surface area (Å²) < 4.78 is 7.80. The second-order valence-corrected chi connectivity index (χ2v) is 7.11. The van der Waals surface area contributed by atoms with Crippen LogP contribution in [0, 0.1) is 0 Å². The molecule has 0 radical (unpaired) electrons. The third kappa shape index (κ3) is 5.59. The van der Waals surface area contributed by atoms with Crippen molar-refractivity contribution in [1.29, 1.82) is 0 Å². The van der Waals surface area contributed by atoms with E-state index in [1.54, 1.807) is 18.5 Å². The number of carbonyl (C=O) groups is 2. The molecule has 0 aliphatic carbocycles. The van der Waals surface area contributed by atoms with Crippen LogP contribution in [-0.4, -0.2) is 32.8 Å². The van der Waals surface area contributed by atoms with E-state index in [1.807, 2.05) is 52.9 Å². The van der Waals surface area contributed by atoms with Crippen LogP contribution >= 0.6 is 0 Å². The molecule has 3 rings (SSSR count). The maximum absolute atomic E-state index is 12.3. The van der Waals surface area contributed by atoms with Gasteiger partial charge in [0.15, 0.2) is 5.76 Å². The summed E-state index contributed by atoms with van der Waals surface area (Å²) in [5.41, 5.74) is 1.96. The molecule has 0 saturated carbocycles. The Balaban J connectivity index is 1.61. The minimum atomic E-state index is -0.263. The lowest BCUT2D eigenvalue weighted by Gasteiger charge is -2.22. The molecule has 158 valence electrons. The lowest BCUT2D eigenvalue weighted by Crippen LogP contribution is -2.31. The zero-order valence-electron chi connectivity index (χ0n) is 17.5. The molecule has 0 aromatic carbocycles. The zero-order chi connectivity index (χ0) is 21.3. The Morgan fingerprint density at radius 3 is 2.77 bits per heavy atom. The van der Waals surface area contributed by atoms with E-state index >= 15 is 0 Å². The van der Waals surface area contributed by atoms with Gasteiger partial charge in [-0.25, -0.2) is 0 Å². The maximum atomic E-state index is 12.3. The predicted molar refractivity (Wildman–Crippen MR) is 114 cm³/mol. The van der Waals surface area contributed by atoms with Gasteiger partial charge in [0.25, 0.3) is 5.91 Å². The number of nitrogens with zero attached hydrogens (tertiary/aromatic N) is 3. The van der Waals surface area contributed by atoms with E-state index in [0.717, 1.165) is 24.2 Å². The molecule has 0 fully saturated rings. The quantitative estimate of drug-likeness (QED) is 0.556. The molecular weight excluding hydrogens is 380 g/mol. The Morgan fingerprint density at radius 1 is 1.17 bits per heavy atom. The van der Waals surface area contributed by atoms with Crippen LogP contribution in [0.15, 0.2) is 59.4 Å². The SMILES string of the molecule is CCCN(Cc1cccn1Cc1ccc(C(=O)NCc2cccnc2)o1)C(=O)CC. The fraction of sp³-hybridized carbons (Fsp3) is 0.348. The molecule has 3 heterocycles. The van der Waals surface area contributed by atoms with Gasteiger partial charge in [0.2, 0.25) is 5.91 Å². The first-order chi connectivity index (χ1) is 14.6. The molecule has 7 heteroatoms. The smallest absolute Gasteiger partial charge is 0.287 e. The number of furan rings is 1. The molecule has 30 heavy (non-hydrogen) atoms. The summed E-state index contributed by atoms with van der Waals surface area (Å²) in [6, 6.07) is 11.2. The summed E-state index contributed by atoms with van der Waals surface area (Å²) in [6.07, 6.45) is 6.78. The van der Waals surface area contributed by atoms with Crippen molar-refractivity contribution in [2.45, 2.75) is 46.3 Å². The topological polar surface area (TPSA) is 80.4 Å². The Hall–Kier alpha value is -3.35. The Kier molecular flexibility index (Phi) is 7.43. The first-order valence-corrected chi connectivity index (χ1v) is 10.3. The highest BCUT2D eigenvalue weighted by Crippen LogP contribution is 2.14. The van der Waals surface area contributed by atoms with Crippen LogP contribution in [-0.2, 0) is 24.4 Å². The summed E-state index contributed by atoms with van der Waals surface area (Å²) in [4.78, 5) is 30.5. The number of carbonyl (C=O) groups excluding carboxylic acids is 2. The average Bonchev–Trinajstić information content (AvgIpc) is 3.42. The van der Waals surface area contributed by atoms with E-state index < -0.39 is 0 Å². The van der Waals surface area contributed by atoms with Crippen LogP contribution in [0.5, 0.6) is 0 Å². The van der Waals surface area contributed by atoms with Crippen LogP contribution in [0.25, 0.3) is 0 Å². The lowest BCUT2D eigenvalue weighted by molar-refractivity contribution is -0.131. The highest BCUT2D eigenvalue weighted by atomic mass is 16.4. The molecule has 0 aliphatic rings. The van der Waals surface area contributed by atoms with Gasteiger partial charge >= 0.3 is 0 Å². The fourth-order valence-electron chi connectivity index (χ4n) is 3.25. The van der Waals surface area contributed by atoms with Crippen LogP contribution in [0.2, 0.25) is 0 Å². The molecule has 3 aromatic rings. The van der Waals surface area contributed by atoms with Gasteiger partial charge in [-0.15, -0.1) is 0 Å². The second-order valence-electron chi connectivity index (χ2n) is 7.11. The van der Waals surface area contributed by atoms with Crippen LogP contribution in [0.4, 0.5) is 0 Å². The van der Waals surface area contributed by atoms with Crippen molar-refractivity contribution in [3.05, 3.63) is 77.8 Å². The molecule has 7 nitrogen and oxygen atoms in total. The Labute approximate surface area is 176 Å². The molecule has 0 unspecified atom stereocenters. The maximum Gasteiger partial charge on any atom is 0.287 e. The summed E-state index contributed by atoms with van der Waals surface area (Å²) in [7, 11) is 0. The van der Waals surface area contributed by atoms with Crippen LogP contribution < -0.4 is 5.32 Å². The minimum absolute atomic E-state index is 0.148. The van der Waals surface area contributed by atoms with Gasteiger partial charge in [-0.2, -0.15) is 0 Å². The summed E-state index contributed by atoms with van der Waals surface area (Å²) in [5, 5.41) is 2.83. The van der Waals surface area contributed by atoms with Crippen molar-refractivity contribution < 1.29 is 14.0 Å². The van der Waals surface area contributed by atoms with E-state index in [1.165, 1.54) is 0 Å². The van der Waals surface area contributed by atoms with Crippen molar-refractivity contribution in [3.63, 3.8) is 0 Å². The first-order valence-electron chi connectivity index (χ1n) is 10.3. The third-order valence-corrected chi connectivity index (χ3v) is 4.81. The van der Waals surface area contributed by atoms with E-state index in [-0.39, 0.29) is 17.6 Å². The number of hydrogen-bond donors (Lipinski definition) is 1. The number of nitrogens with one attached hydrogen (secondary N) is 1. The van der Waals surface area contributed by atoms with Crippen molar-refractivity contribution in [3.8, 4) is 0 Å². The summed E-state index contributed by atoms with van der Waals surface area (Å²) in [5.74, 6) is 0.842. The number of rotatable bonds is 10. The first kappa shape index (κ1) is 21.4. The second kappa shape index (κ2) is 10.4. The van der Waals surface area contributed by atoms with Gasteiger partial charge in [0.05, 0.1) is 13.1 Å². The number of amides is 2. The van der Waals surface area contributed by atoms with E-state index in [0.29, 0.717) is 31.8 Å². The van der Waals surface area contributed by atoms with Gasteiger partial charge < -0.3 is 19.2 Å². The molecule has 0 aliphatic heterocycles. The van der Waals surface area contributed by atoms with E-state index in [4.69, 9.17) is 4.42 Å². The Bertz CT molecular complexity index is 962. The highest BCUT2D eigenvalue weighted by molar-refractivity contribution is 5.91. The van der Waals surface area contributed by atoms with Crippen molar-refractivity contribution in [2.75, 3.05) is 6.54 Å². The minimum Gasteiger partial charge on any atom is -0.454 e. The van der Waals surface area contributed by atoms with Gasteiger partial charge in [0, 0.05) is 43.8 Å². The molecule has 0 atom stereocenters. The van der Waals surface area contributed by atoms with E-state index in [9.17, 15) is 9.59 Å². The molecular formula is C23H28N4O3.